The second kappa shape index (κ2) is 9.47. The van der Waals surface area contributed by atoms with E-state index in [0.29, 0.717) is 5.69 Å². The largest absolute Gasteiger partial charge is 0.480 e. The Morgan fingerprint density at radius 3 is 2.27 bits per heavy atom. The minimum Gasteiger partial charge on any atom is -0.480 e. The lowest BCUT2D eigenvalue weighted by atomic mass is 10.1. The number of benzene rings is 1. The average molecular weight is 421 g/mol. The van der Waals surface area contributed by atoms with Crippen LogP contribution in [-0.4, -0.2) is 47.3 Å². The van der Waals surface area contributed by atoms with Gasteiger partial charge < -0.3 is 19.9 Å². The molecule has 0 spiro atoms. The molecule has 2 rings (SSSR count). The van der Waals surface area contributed by atoms with Gasteiger partial charge in [-0.05, 0) is 39.8 Å². The Hall–Kier alpha value is -3.30. The highest BCUT2D eigenvalue weighted by molar-refractivity contribution is 5.94. The summed E-state index contributed by atoms with van der Waals surface area (Å²) in [5.41, 5.74) is 4.95. The minimum atomic E-state index is -1.50. The number of para-hydroxylation sites is 1. The molecule has 1 aromatic carbocycles. The second-order valence-electron chi connectivity index (χ2n) is 7.82. The van der Waals surface area contributed by atoms with Crippen molar-refractivity contribution in [3.05, 3.63) is 30.3 Å². The number of ether oxygens (including phenoxy) is 2. The monoisotopic (exact) mass is 421 g/mol. The van der Waals surface area contributed by atoms with Gasteiger partial charge in [0.1, 0.15) is 11.6 Å². The van der Waals surface area contributed by atoms with E-state index in [0.717, 1.165) is 0 Å². The number of carbonyl (C=O) groups excluding carboxylic acids is 3. The summed E-state index contributed by atoms with van der Waals surface area (Å²) >= 11 is 0. The van der Waals surface area contributed by atoms with E-state index in [4.69, 9.17) is 9.47 Å². The van der Waals surface area contributed by atoms with Crippen molar-refractivity contribution in [1.82, 2.24) is 10.7 Å². The van der Waals surface area contributed by atoms with E-state index in [2.05, 4.69) is 16.2 Å². The lowest BCUT2D eigenvalue weighted by Crippen LogP contribution is -2.46. The molecule has 0 heterocycles. The van der Waals surface area contributed by atoms with Gasteiger partial charge in [-0.15, -0.1) is 0 Å². The van der Waals surface area contributed by atoms with Crippen LogP contribution in [0.3, 0.4) is 0 Å². The molecule has 0 bridgehead atoms. The third-order valence-corrected chi connectivity index (χ3v) is 4.36. The van der Waals surface area contributed by atoms with Crippen molar-refractivity contribution in [2.75, 3.05) is 12.0 Å². The fraction of sp³-hybridized carbons (Fsp3) is 0.500. The summed E-state index contributed by atoms with van der Waals surface area (Å²) in [6.45, 7) is 6.58. The number of aliphatic carboxylic acids is 1. The highest BCUT2D eigenvalue weighted by Crippen LogP contribution is 2.49. The van der Waals surface area contributed by atoms with E-state index in [1.807, 2.05) is 0 Å². The Kier molecular flexibility index (Phi) is 7.25. The summed E-state index contributed by atoms with van der Waals surface area (Å²) in [7, 11) is 0. The predicted octanol–water partition coefficient (Wildman–Crippen LogP) is 1.53. The van der Waals surface area contributed by atoms with E-state index in [1.165, 1.54) is 0 Å². The van der Waals surface area contributed by atoms with Crippen LogP contribution in [0.4, 0.5) is 10.5 Å². The summed E-state index contributed by atoms with van der Waals surface area (Å²) in [6.07, 6.45) is -0.953. The summed E-state index contributed by atoms with van der Waals surface area (Å²) in [5.74, 6) is -5.63. The molecule has 2 amide bonds. The Morgan fingerprint density at radius 1 is 1.10 bits per heavy atom. The van der Waals surface area contributed by atoms with Crippen LogP contribution in [0.5, 0.6) is 0 Å². The number of carbonyl (C=O) groups is 4. The number of hydrazine groups is 1. The third kappa shape index (κ3) is 6.10. The van der Waals surface area contributed by atoms with Crippen molar-refractivity contribution in [2.24, 2.45) is 17.8 Å². The molecule has 0 aromatic heterocycles. The van der Waals surface area contributed by atoms with Crippen molar-refractivity contribution in [1.29, 1.82) is 0 Å². The van der Waals surface area contributed by atoms with E-state index in [9.17, 15) is 24.3 Å². The maximum atomic E-state index is 12.6. The van der Waals surface area contributed by atoms with E-state index in [-0.39, 0.29) is 6.61 Å². The first-order valence-corrected chi connectivity index (χ1v) is 9.55. The van der Waals surface area contributed by atoms with Gasteiger partial charge in [-0.3, -0.25) is 20.4 Å². The van der Waals surface area contributed by atoms with Gasteiger partial charge in [0, 0.05) is 5.92 Å². The maximum Gasteiger partial charge on any atom is 0.408 e. The molecule has 4 N–H and O–H groups in total. The molecule has 4 atom stereocenters. The van der Waals surface area contributed by atoms with E-state index in [1.54, 1.807) is 58.0 Å². The maximum absolute atomic E-state index is 12.6. The molecule has 0 aliphatic heterocycles. The Labute approximate surface area is 174 Å². The minimum absolute atomic E-state index is 0.0793. The lowest BCUT2D eigenvalue weighted by molar-refractivity contribution is -0.146. The van der Waals surface area contributed by atoms with Crippen LogP contribution in [0.1, 0.15) is 27.7 Å². The van der Waals surface area contributed by atoms with Gasteiger partial charge in [0.05, 0.1) is 24.1 Å². The van der Waals surface area contributed by atoms with Crippen LogP contribution in [0.2, 0.25) is 0 Å². The zero-order valence-electron chi connectivity index (χ0n) is 17.3. The van der Waals surface area contributed by atoms with Crippen LogP contribution < -0.4 is 16.2 Å². The molecule has 1 aliphatic rings. The zero-order valence-corrected chi connectivity index (χ0v) is 17.3. The molecule has 10 heteroatoms. The molecule has 1 fully saturated rings. The second-order valence-corrected chi connectivity index (χ2v) is 7.82. The molecule has 164 valence electrons. The molecular formula is C20H27N3O7. The van der Waals surface area contributed by atoms with E-state index >= 15 is 0 Å². The average Bonchev–Trinajstić information content (AvgIpc) is 3.39. The lowest BCUT2D eigenvalue weighted by Gasteiger charge is -2.22. The number of amides is 2. The molecule has 1 aromatic rings. The zero-order chi connectivity index (χ0) is 22.5. The summed E-state index contributed by atoms with van der Waals surface area (Å²) in [5, 5.41) is 11.8. The standard InChI is InChI=1S/C20H27N3O7/c1-5-29-18(27)14-12(15(17(25)26)21-19(28)30-20(2,3)4)13(14)16(24)23-22-11-9-7-6-8-10-11/h6-10,12-15,22H,5H2,1-4H3,(H,21,28)(H,23,24)(H,25,26). The molecule has 30 heavy (non-hydrogen) atoms. The topological polar surface area (TPSA) is 143 Å². The first-order valence-electron chi connectivity index (χ1n) is 9.55. The molecule has 4 unspecified atom stereocenters. The van der Waals surface area contributed by atoms with Crippen molar-refractivity contribution in [3.63, 3.8) is 0 Å². The van der Waals surface area contributed by atoms with E-state index < -0.39 is 53.3 Å². The molecule has 0 saturated heterocycles. The molecule has 1 saturated carbocycles. The highest BCUT2D eigenvalue weighted by atomic mass is 16.6. The Morgan fingerprint density at radius 2 is 1.73 bits per heavy atom. The quantitative estimate of drug-likeness (QED) is 0.366. The van der Waals surface area contributed by atoms with Crippen molar-refractivity contribution in [2.45, 2.75) is 39.3 Å². The Balaban J connectivity index is 2.13. The molecule has 1 aliphatic carbocycles. The fourth-order valence-electron chi connectivity index (χ4n) is 3.12. The van der Waals surface area contributed by atoms with Crippen LogP contribution in [0.15, 0.2) is 30.3 Å². The molecule has 10 nitrogen and oxygen atoms in total. The SMILES string of the molecule is CCOC(=O)C1C(C(=O)NNc2ccccc2)C1C(NC(=O)OC(C)(C)C)C(=O)O. The number of carboxylic acid groups (broad SMARTS) is 1. The molecule has 0 radical (unpaired) electrons. The summed E-state index contributed by atoms with van der Waals surface area (Å²) in [6, 6.07) is 7.28. The van der Waals surface area contributed by atoms with Crippen LogP contribution in [0, 0.1) is 17.8 Å². The first kappa shape index (κ1) is 23.0. The van der Waals surface area contributed by atoms with Crippen molar-refractivity contribution in [3.8, 4) is 0 Å². The smallest absolute Gasteiger partial charge is 0.408 e. The number of hydrogen-bond acceptors (Lipinski definition) is 7. The number of nitrogens with one attached hydrogen (secondary N) is 3. The normalized spacial score (nSPS) is 21.0. The van der Waals surface area contributed by atoms with Crippen LogP contribution >= 0.6 is 0 Å². The van der Waals surface area contributed by atoms with Gasteiger partial charge in [0.2, 0.25) is 5.91 Å². The molecular weight excluding hydrogens is 394 g/mol. The number of rotatable bonds is 8. The first-order chi connectivity index (χ1) is 14.0. The number of anilines is 1. The number of alkyl carbamates (subject to hydrolysis) is 1. The summed E-state index contributed by atoms with van der Waals surface area (Å²) < 4.78 is 10.1. The third-order valence-electron chi connectivity index (χ3n) is 4.36. The fourth-order valence-corrected chi connectivity index (χ4v) is 3.12. The van der Waals surface area contributed by atoms with Gasteiger partial charge in [0.15, 0.2) is 0 Å². The Bertz CT molecular complexity index is 791. The van der Waals surface area contributed by atoms with Crippen LogP contribution in [0.25, 0.3) is 0 Å². The predicted molar refractivity (Wildman–Crippen MR) is 106 cm³/mol. The van der Waals surface area contributed by atoms with Crippen LogP contribution in [-0.2, 0) is 23.9 Å². The number of hydrogen-bond donors (Lipinski definition) is 4. The van der Waals surface area contributed by atoms with Gasteiger partial charge in [-0.2, -0.15) is 0 Å². The van der Waals surface area contributed by atoms with Gasteiger partial charge in [-0.25, -0.2) is 9.59 Å². The van der Waals surface area contributed by atoms with Gasteiger partial charge >= 0.3 is 18.0 Å². The van der Waals surface area contributed by atoms with Crippen molar-refractivity contribution >= 4 is 29.6 Å². The number of carboxylic acids is 1. The van der Waals surface area contributed by atoms with Gasteiger partial charge in [-0.1, -0.05) is 18.2 Å². The highest BCUT2D eigenvalue weighted by Gasteiger charge is 2.65. The van der Waals surface area contributed by atoms with Gasteiger partial charge in [0.25, 0.3) is 0 Å². The summed E-state index contributed by atoms with van der Waals surface area (Å²) in [4.78, 5) is 48.8. The van der Waals surface area contributed by atoms with Crippen molar-refractivity contribution < 1.29 is 33.8 Å². The number of esters is 1.